The zero-order valence-electron chi connectivity index (χ0n) is 14.5. The molecule has 0 radical (unpaired) electrons. The van der Waals surface area contributed by atoms with Crippen molar-refractivity contribution in [1.29, 1.82) is 0 Å². The maximum Gasteiger partial charge on any atom is 0.248 e. The van der Waals surface area contributed by atoms with Gasteiger partial charge in [-0.25, -0.2) is 8.42 Å². The van der Waals surface area contributed by atoms with Gasteiger partial charge in [0.1, 0.15) is 10.6 Å². The van der Waals surface area contributed by atoms with Gasteiger partial charge in [-0.1, -0.05) is 5.16 Å². The van der Waals surface area contributed by atoms with E-state index in [9.17, 15) is 13.2 Å². The number of sulfonamides is 1. The molecule has 0 unspecified atom stereocenters. The number of carbonyl (C=O) groups excluding carboxylic acids is 1. The molecule has 1 aromatic carbocycles. The highest BCUT2D eigenvalue weighted by molar-refractivity contribution is 7.89. The largest absolute Gasteiger partial charge is 0.369 e. The Hall–Kier alpha value is -2.19. The molecule has 25 heavy (non-hydrogen) atoms. The molecule has 2 heterocycles. The SMILES string of the molecule is CC(=O)c1ccc(N2CCN(S(=O)(=O)c3c(C)noc3C)CC2)cc1. The van der Waals surface area contributed by atoms with Gasteiger partial charge in [0.05, 0.1) is 0 Å². The van der Waals surface area contributed by atoms with Crippen LogP contribution in [0.15, 0.2) is 33.7 Å². The van der Waals surface area contributed by atoms with Crippen LogP contribution in [0.4, 0.5) is 5.69 Å². The average molecular weight is 363 g/mol. The number of hydrogen-bond acceptors (Lipinski definition) is 6. The van der Waals surface area contributed by atoms with Gasteiger partial charge in [-0.2, -0.15) is 4.31 Å². The van der Waals surface area contributed by atoms with Crippen LogP contribution in [0, 0.1) is 13.8 Å². The van der Waals surface area contributed by atoms with Crippen LogP contribution in [-0.2, 0) is 10.0 Å². The molecule has 2 aromatic rings. The number of benzene rings is 1. The number of rotatable bonds is 4. The van der Waals surface area contributed by atoms with E-state index in [4.69, 9.17) is 4.52 Å². The smallest absolute Gasteiger partial charge is 0.248 e. The van der Waals surface area contributed by atoms with Crippen LogP contribution in [0.1, 0.15) is 28.7 Å². The molecule has 0 bridgehead atoms. The zero-order valence-corrected chi connectivity index (χ0v) is 15.3. The van der Waals surface area contributed by atoms with Crippen LogP contribution in [0.25, 0.3) is 0 Å². The molecule has 8 heteroatoms. The zero-order chi connectivity index (χ0) is 18.2. The van der Waals surface area contributed by atoms with Gasteiger partial charge in [-0.15, -0.1) is 0 Å². The van der Waals surface area contributed by atoms with Crippen LogP contribution in [0.3, 0.4) is 0 Å². The second-order valence-electron chi connectivity index (χ2n) is 6.15. The van der Waals surface area contributed by atoms with Gasteiger partial charge in [0.15, 0.2) is 11.5 Å². The quantitative estimate of drug-likeness (QED) is 0.773. The summed E-state index contributed by atoms with van der Waals surface area (Å²) in [6.07, 6.45) is 0. The highest BCUT2D eigenvalue weighted by Gasteiger charge is 2.33. The number of aryl methyl sites for hydroxylation is 2. The molecule has 1 aromatic heterocycles. The van der Waals surface area contributed by atoms with Gasteiger partial charge in [0.2, 0.25) is 10.0 Å². The van der Waals surface area contributed by atoms with E-state index in [1.165, 1.54) is 11.2 Å². The second-order valence-corrected chi connectivity index (χ2v) is 8.02. The van der Waals surface area contributed by atoms with Gasteiger partial charge in [0, 0.05) is 37.4 Å². The predicted octanol–water partition coefficient (Wildman–Crippen LogP) is 2.00. The lowest BCUT2D eigenvalue weighted by Crippen LogP contribution is -2.48. The van der Waals surface area contributed by atoms with E-state index in [0.717, 1.165) is 5.69 Å². The molecule has 1 aliphatic heterocycles. The number of carbonyl (C=O) groups is 1. The second kappa shape index (κ2) is 6.61. The molecule has 0 aliphatic carbocycles. The minimum atomic E-state index is -3.60. The lowest BCUT2D eigenvalue weighted by atomic mass is 10.1. The van der Waals surface area contributed by atoms with Crippen molar-refractivity contribution in [1.82, 2.24) is 9.46 Å². The molecular weight excluding hydrogens is 342 g/mol. The summed E-state index contributed by atoms with van der Waals surface area (Å²) in [4.78, 5) is 13.6. The normalized spacial score (nSPS) is 16.2. The summed E-state index contributed by atoms with van der Waals surface area (Å²) in [5, 5.41) is 3.74. The Labute approximate surface area is 147 Å². The summed E-state index contributed by atoms with van der Waals surface area (Å²) in [5.41, 5.74) is 2.04. The van der Waals surface area contributed by atoms with Crippen molar-refractivity contribution in [3.8, 4) is 0 Å². The predicted molar refractivity (Wildman–Crippen MR) is 93.4 cm³/mol. The van der Waals surface area contributed by atoms with Crippen molar-refractivity contribution >= 4 is 21.5 Å². The molecule has 1 saturated heterocycles. The highest BCUT2D eigenvalue weighted by Crippen LogP contribution is 2.25. The first-order valence-corrected chi connectivity index (χ1v) is 9.53. The van der Waals surface area contributed by atoms with Crippen LogP contribution in [-0.4, -0.2) is 49.8 Å². The Morgan fingerprint density at radius 1 is 1.08 bits per heavy atom. The summed E-state index contributed by atoms with van der Waals surface area (Å²) in [6, 6.07) is 7.39. The van der Waals surface area contributed by atoms with E-state index >= 15 is 0 Å². The van der Waals surface area contributed by atoms with Crippen LogP contribution in [0.5, 0.6) is 0 Å². The average Bonchev–Trinajstić information content (AvgIpc) is 2.94. The number of aromatic nitrogens is 1. The van der Waals surface area contributed by atoms with E-state index in [1.54, 1.807) is 26.0 Å². The van der Waals surface area contributed by atoms with E-state index < -0.39 is 10.0 Å². The highest BCUT2D eigenvalue weighted by atomic mass is 32.2. The Bertz CT molecular complexity index is 860. The van der Waals surface area contributed by atoms with Crippen molar-refractivity contribution in [2.24, 2.45) is 0 Å². The van der Waals surface area contributed by atoms with Crippen molar-refractivity contribution in [3.05, 3.63) is 41.3 Å². The fourth-order valence-electron chi connectivity index (χ4n) is 3.07. The number of Topliss-reactive ketones (excluding diaryl/α,β-unsaturated/α-hetero) is 1. The Morgan fingerprint density at radius 2 is 1.68 bits per heavy atom. The first kappa shape index (κ1) is 17.6. The minimum Gasteiger partial charge on any atom is -0.369 e. The molecule has 134 valence electrons. The van der Waals surface area contributed by atoms with Crippen molar-refractivity contribution < 1.29 is 17.7 Å². The number of anilines is 1. The monoisotopic (exact) mass is 363 g/mol. The summed E-state index contributed by atoms with van der Waals surface area (Å²) in [7, 11) is -3.60. The van der Waals surface area contributed by atoms with Gasteiger partial charge < -0.3 is 9.42 Å². The molecule has 7 nitrogen and oxygen atoms in total. The standard InChI is InChI=1S/C17H21N3O4S/c1-12-17(14(3)24-18-12)25(22,23)20-10-8-19(9-11-20)16-6-4-15(5-7-16)13(2)21/h4-7H,8-11H2,1-3H3. The molecule has 0 spiro atoms. The number of ketones is 1. The molecule has 0 atom stereocenters. The Balaban J connectivity index is 1.72. The van der Waals surface area contributed by atoms with Crippen molar-refractivity contribution in [3.63, 3.8) is 0 Å². The third kappa shape index (κ3) is 3.32. The summed E-state index contributed by atoms with van der Waals surface area (Å²) in [6.45, 7) is 6.73. The molecule has 1 fully saturated rings. The van der Waals surface area contributed by atoms with E-state index in [2.05, 4.69) is 10.1 Å². The molecule has 0 amide bonds. The van der Waals surface area contributed by atoms with Crippen LogP contribution < -0.4 is 4.90 Å². The minimum absolute atomic E-state index is 0.0296. The van der Waals surface area contributed by atoms with Crippen LogP contribution in [0.2, 0.25) is 0 Å². The summed E-state index contributed by atoms with van der Waals surface area (Å²) < 4.78 is 32.1. The molecule has 0 saturated carbocycles. The summed E-state index contributed by atoms with van der Waals surface area (Å²) in [5.74, 6) is 0.349. The first-order chi connectivity index (χ1) is 11.8. The van der Waals surface area contributed by atoms with Crippen molar-refractivity contribution in [2.75, 3.05) is 31.1 Å². The van der Waals surface area contributed by atoms with E-state index in [-0.39, 0.29) is 10.7 Å². The fraction of sp³-hybridized carbons (Fsp3) is 0.412. The lowest BCUT2D eigenvalue weighted by molar-refractivity contribution is 0.101. The van der Waals surface area contributed by atoms with Crippen molar-refractivity contribution in [2.45, 2.75) is 25.7 Å². The number of hydrogen-bond donors (Lipinski definition) is 0. The van der Waals surface area contributed by atoms with Crippen LogP contribution >= 0.6 is 0 Å². The fourth-order valence-corrected chi connectivity index (χ4v) is 4.78. The third-order valence-electron chi connectivity index (χ3n) is 4.44. The Kier molecular flexibility index (Phi) is 4.66. The van der Waals surface area contributed by atoms with Gasteiger partial charge in [-0.3, -0.25) is 4.79 Å². The first-order valence-electron chi connectivity index (χ1n) is 8.09. The molecule has 3 rings (SSSR count). The Morgan fingerprint density at radius 3 is 2.16 bits per heavy atom. The lowest BCUT2D eigenvalue weighted by Gasteiger charge is -2.35. The third-order valence-corrected chi connectivity index (χ3v) is 6.59. The topological polar surface area (TPSA) is 83.7 Å². The van der Waals surface area contributed by atoms with Gasteiger partial charge in [-0.05, 0) is 45.0 Å². The molecular formula is C17H21N3O4S. The number of nitrogens with zero attached hydrogens (tertiary/aromatic N) is 3. The number of piperazine rings is 1. The van der Waals surface area contributed by atoms with Gasteiger partial charge in [0.25, 0.3) is 0 Å². The van der Waals surface area contributed by atoms with E-state index in [0.29, 0.717) is 43.2 Å². The van der Waals surface area contributed by atoms with Gasteiger partial charge >= 0.3 is 0 Å². The molecule has 0 N–H and O–H groups in total. The van der Waals surface area contributed by atoms with E-state index in [1.807, 2.05) is 12.1 Å². The maximum absolute atomic E-state index is 12.8. The summed E-state index contributed by atoms with van der Waals surface area (Å²) >= 11 is 0. The molecule has 1 aliphatic rings. The maximum atomic E-state index is 12.8.